The molecule has 104 valence electrons. The molecule has 2 rings (SSSR count). The van der Waals surface area contributed by atoms with E-state index >= 15 is 0 Å². The van der Waals surface area contributed by atoms with Gasteiger partial charge in [0.1, 0.15) is 0 Å². The molecule has 0 aromatic heterocycles. The summed E-state index contributed by atoms with van der Waals surface area (Å²) in [4.78, 5) is 11.8. The Morgan fingerprint density at radius 2 is 2.21 bits per heavy atom. The highest BCUT2D eigenvalue weighted by Crippen LogP contribution is 2.29. The predicted molar refractivity (Wildman–Crippen MR) is 64.8 cm³/mol. The summed E-state index contributed by atoms with van der Waals surface area (Å²) in [5.41, 5.74) is -0.761. The van der Waals surface area contributed by atoms with E-state index in [1.54, 1.807) is 0 Å². The van der Waals surface area contributed by atoms with Crippen molar-refractivity contribution in [1.82, 2.24) is 10.6 Å². The molecule has 1 amide bonds. The van der Waals surface area contributed by atoms with Gasteiger partial charge in [0.15, 0.2) is 0 Å². The van der Waals surface area contributed by atoms with Crippen molar-refractivity contribution in [2.45, 2.75) is 12.6 Å². The van der Waals surface area contributed by atoms with Crippen molar-refractivity contribution in [3.8, 4) is 0 Å². The summed E-state index contributed by atoms with van der Waals surface area (Å²) in [5.74, 6) is -0.104. The number of hydrogen-bond donors (Lipinski definition) is 2. The molecule has 0 bridgehead atoms. The van der Waals surface area contributed by atoms with Gasteiger partial charge in [0.2, 0.25) is 0 Å². The molecule has 19 heavy (non-hydrogen) atoms. The molecule has 1 saturated heterocycles. The SMILES string of the molecule is O=C(NCC1CCNC1)c1cccc(C(F)(F)F)c1. The minimum Gasteiger partial charge on any atom is -0.352 e. The van der Waals surface area contributed by atoms with E-state index in [1.165, 1.54) is 12.1 Å². The molecule has 0 saturated carbocycles. The smallest absolute Gasteiger partial charge is 0.352 e. The second-order valence-corrected chi connectivity index (χ2v) is 4.65. The molecule has 1 heterocycles. The Morgan fingerprint density at radius 1 is 1.42 bits per heavy atom. The Labute approximate surface area is 109 Å². The van der Waals surface area contributed by atoms with Crippen molar-refractivity contribution >= 4 is 5.91 Å². The van der Waals surface area contributed by atoms with Crippen molar-refractivity contribution in [2.75, 3.05) is 19.6 Å². The molecular weight excluding hydrogens is 257 g/mol. The van der Waals surface area contributed by atoms with E-state index in [9.17, 15) is 18.0 Å². The molecule has 3 nitrogen and oxygen atoms in total. The van der Waals surface area contributed by atoms with Crippen molar-refractivity contribution < 1.29 is 18.0 Å². The zero-order valence-electron chi connectivity index (χ0n) is 10.3. The molecule has 2 N–H and O–H groups in total. The molecule has 0 radical (unpaired) electrons. The average molecular weight is 272 g/mol. The Balaban J connectivity index is 1.98. The van der Waals surface area contributed by atoms with Gasteiger partial charge in [-0.25, -0.2) is 0 Å². The summed E-state index contributed by atoms with van der Waals surface area (Å²) >= 11 is 0. The highest BCUT2D eigenvalue weighted by atomic mass is 19.4. The third-order valence-corrected chi connectivity index (χ3v) is 3.17. The van der Waals surface area contributed by atoms with E-state index in [0.29, 0.717) is 12.5 Å². The first-order chi connectivity index (χ1) is 8.97. The molecule has 1 aliphatic rings. The zero-order valence-corrected chi connectivity index (χ0v) is 10.3. The van der Waals surface area contributed by atoms with Crippen LogP contribution in [0.4, 0.5) is 13.2 Å². The van der Waals surface area contributed by atoms with Gasteiger partial charge in [0, 0.05) is 12.1 Å². The Bertz CT molecular complexity index is 453. The second-order valence-electron chi connectivity index (χ2n) is 4.65. The van der Waals surface area contributed by atoms with Gasteiger partial charge in [0.05, 0.1) is 5.56 Å². The lowest BCUT2D eigenvalue weighted by atomic mass is 10.1. The van der Waals surface area contributed by atoms with Gasteiger partial charge in [-0.1, -0.05) is 6.07 Å². The van der Waals surface area contributed by atoms with Crippen LogP contribution in [0, 0.1) is 5.92 Å². The lowest BCUT2D eigenvalue weighted by molar-refractivity contribution is -0.137. The summed E-state index contributed by atoms with van der Waals surface area (Å²) < 4.78 is 37.6. The fourth-order valence-electron chi connectivity index (χ4n) is 2.06. The van der Waals surface area contributed by atoms with Crippen LogP contribution in [-0.4, -0.2) is 25.5 Å². The van der Waals surface area contributed by atoms with E-state index in [4.69, 9.17) is 0 Å². The van der Waals surface area contributed by atoms with Crippen LogP contribution < -0.4 is 10.6 Å². The van der Waals surface area contributed by atoms with Gasteiger partial charge in [-0.2, -0.15) is 13.2 Å². The quantitative estimate of drug-likeness (QED) is 0.884. The molecule has 0 spiro atoms. The van der Waals surface area contributed by atoms with Crippen LogP contribution in [0.1, 0.15) is 22.3 Å². The number of rotatable bonds is 3. The highest BCUT2D eigenvalue weighted by Gasteiger charge is 2.30. The second kappa shape index (κ2) is 5.61. The molecule has 1 atom stereocenters. The number of benzene rings is 1. The van der Waals surface area contributed by atoms with Crippen LogP contribution in [0.2, 0.25) is 0 Å². The maximum Gasteiger partial charge on any atom is 0.416 e. The van der Waals surface area contributed by atoms with Crippen molar-refractivity contribution in [3.63, 3.8) is 0 Å². The lowest BCUT2D eigenvalue weighted by Crippen LogP contribution is -2.30. The largest absolute Gasteiger partial charge is 0.416 e. The van der Waals surface area contributed by atoms with Crippen molar-refractivity contribution in [3.05, 3.63) is 35.4 Å². The predicted octanol–water partition coefficient (Wildman–Crippen LogP) is 2.04. The normalized spacial score (nSPS) is 19.4. The summed E-state index contributed by atoms with van der Waals surface area (Å²) in [6.45, 7) is 2.25. The standard InChI is InChI=1S/C13H15F3N2O/c14-13(15,16)11-3-1-2-10(6-11)12(19)18-8-9-4-5-17-7-9/h1-3,6,9,17H,4-5,7-8H2,(H,18,19). The number of carbonyl (C=O) groups is 1. The molecular formula is C13H15F3N2O. The first-order valence-corrected chi connectivity index (χ1v) is 6.13. The van der Waals surface area contributed by atoms with Crippen molar-refractivity contribution in [1.29, 1.82) is 0 Å². The minimum atomic E-state index is -4.42. The summed E-state index contributed by atoms with van der Waals surface area (Å²) in [6, 6.07) is 4.46. The number of nitrogens with one attached hydrogen (secondary N) is 2. The lowest BCUT2D eigenvalue weighted by Gasteiger charge is -2.11. The number of hydrogen-bond acceptors (Lipinski definition) is 2. The Morgan fingerprint density at radius 3 is 2.84 bits per heavy atom. The van der Waals surface area contributed by atoms with Gasteiger partial charge in [-0.05, 0) is 43.6 Å². The summed E-state index contributed by atoms with van der Waals surface area (Å²) in [6.07, 6.45) is -3.45. The van der Waals surface area contributed by atoms with Crippen LogP contribution in [0.15, 0.2) is 24.3 Å². The maximum atomic E-state index is 12.5. The average Bonchev–Trinajstić information content (AvgIpc) is 2.88. The zero-order chi connectivity index (χ0) is 13.9. The monoisotopic (exact) mass is 272 g/mol. The van der Waals surface area contributed by atoms with Crippen molar-refractivity contribution in [2.24, 2.45) is 5.92 Å². The Hall–Kier alpha value is -1.56. The first kappa shape index (κ1) is 13.9. The van der Waals surface area contributed by atoms with E-state index < -0.39 is 17.6 Å². The Kier molecular flexibility index (Phi) is 4.09. The minimum absolute atomic E-state index is 0.0424. The van der Waals surface area contributed by atoms with Gasteiger partial charge in [-0.15, -0.1) is 0 Å². The van der Waals surface area contributed by atoms with Gasteiger partial charge < -0.3 is 10.6 Å². The third-order valence-electron chi connectivity index (χ3n) is 3.17. The number of alkyl halides is 3. The fourth-order valence-corrected chi connectivity index (χ4v) is 2.06. The number of halogens is 3. The molecule has 6 heteroatoms. The molecule has 1 aromatic rings. The van der Waals surface area contributed by atoms with Gasteiger partial charge in [-0.3, -0.25) is 4.79 Å². The molecule has 1 unspecified atom stereocenters. The van der Waals surface area contributed by atoms with Crippen LogP contribution in [0.5, 0.6) is 0 Å². The topological polar surface area (TPSA) is 41.1 Å². The fraction of sp³-hybridized carbons (Fsp3) is 0.462. The van der Waals surface area contributed by atoms with Crippen LogP contribution in [0.3, 0.4) is 0 Å². The van der Waals surface area contributed by atoms with E-state index in [0.717, 1.165) is 31.6 Å². The number of carbonyl (C=O) groups excluding carboxylic acids is 1. The molecule has 0 aliphatic carbocycles. The van der Waals surface area contributed by atoms with E-state index in [-0.39, 0.29) is 5.56 Å². The van der Waals surface area contributed by atoms with E-state index in [2.05, 4.69) is 10.6 Å². The third kappa shape index (κ3) is 3.70. The summed E-state index contributed by atoms with van der Waals surface area (Å²) in [5, 5.41) is 5.84. The van der Waals surface area contributed by atoms with Crippen LogP contribution >= 0.6 is 0 Å². The maximum absolute atomic E-state index is 12.5. The molecule has 1 fully saturated rings. The first-order valence-electron chi connectivity index (χ1n) is 6.13. The van der Waals surface area contributed by atoms with Gasteiger partial charge >= 0.3 is 6.18 Å². The number of amides is 1. The van der Waals surface area contributed by atoms with Crippen LogP contribution in [0.25, 0.3) is 0 Å². The molecule has 1 aliphatic heterocycles. The van der Waals surface area contributed by atoms with E-state index in [1.807, 2.05) is 0 Å². The molecule has 1 aromatic carbocycles. The summed E-state index contributed by atoms with van der Waals surface area (Å²) in [7, 11) is 0. The highest BCUT2D eigenvalue weighted by molar-refractivity contribution is 5.94. The van der Waals surface area contributed by atoms with Gasteiger partial charge in [0.25, 0.3) is 5.91 Å². The van der Waals surface area contributed by atoms with Crippen LogP contribution in [-0.2, 0) is 6.18 Å².